The van der Waals surface area contributed by atoms with Crippen molar-refractivity contribution in [2.24, 2.45) is 0 Å². The van der Waals surface area contributed by atoms with Gasteiger partial charge in [-0.25, -0.2) is 4.98 Å². The van der Waals surface area contributed by atoms with Crippen molar-refractivity contribution in [3.8, 4) is 0 Å². The Balaban J connectivity index is 2.16. The van der Waals surface area contributed by atoms with Gasteiger partial charge >= 0.3 is 0 Å². The lowest BCUT2D eigenvalue weighted by Gasteiger charge is -2.16. The molecule has 0 aromatic carbocycles. The highest BCUT2D eigenvalue weighted by Gasteiger charge is 2.10. The smallest absolute Gasteiger partial charge is 0.224 e. The van der Waals surface area contributed by atoms with Gasteiger partial charge in [0.05, 0.1) is 12.2 Å². The zero-order valence-electron chi connectivity index (χ0n) is 10.9. The molecule has 0 spiro atoms. The van der Waals surface area contributed by atoms with Crippen LogP contribution in [0.4, 0.5) is 11.8 Å². The van der Waals surface area contributed by atoms with E-state index in [0.717, 1.165) is 12.1 Å². The highest BCUT2D eigenvalue weighted by Crippen LogP contribution is 2.24. The highest BCUT2D eigenvalue weighted by molar-refractivity contribution is 6.32. The van der Waals surface area contributed by atoms with E-state index in [-0.39, 0.29) is 6.04 Å². The van der Waals surface area contributed by atoms with Gasteiger partial charge in [0.2, 0.25) is 5.95 Å². The summed E-state index contributed by atoms with van der Waals surface area (Å²) in [6, 6.07) is 4.00. The molecule has 100 valence electrons. The van der Waals surface area contributed by atoms with Crippen molar-refractivity contribution < 1.29 is 0 Å². The summed E-state index contributed by atoms with van der Waals surface area (Å²) in [6.07, 6.45) is 5.12. The second-order valence-electron chi connectivity index (χ2n) is 4.07. The summed E-state index contributed by atoms with van der Waals surface area (Å²) in [7, 11) is 0. The van der Waals surface area contributed by atoms with Crippen LogP contribution in [-0.4, -0.2) is 21.5 Å². The van der Waals surface area contributed by atoms with Crippen LogP contribution >= 0.6 is 11.6 Å². The number of hydrogen-bond donors (Lipinski definition) is 2. The molecule has 2 aromatic heterocycles. The summed E-state index contributed by atoms with van der Waals surface area (Å²) >= 11 is 6.10. The normalized spacial score (nSPS) is 11.9. The zero-order valence-corrected chi connectivity index (χ0v) is 11.6. The predicted molar refractivity (Wildman–Crippen MR) is 77.5 cm³/mol. The van der Waals surface area contributed by atoms with E-state index in [2.05, 4.69) is 25.6 Å². The van der Waals surface area contributed by atoms with Gasteiger partial charge in [0.1, 0.15) is 5.02 Å². The van der Waals surface area contributed by atoms with Crippen LogP contribution in [-0.2, 0) is 0 Å². The molecule has 1 unspecified atom stereocenters. The van der Waals surface area contributed by atoms with Crippen molar-refractivity contribution in [2.45, 2.75) is 19.9 Å². The van der Waals surface area contributed by atoms with Gasteiger partial charge in [-0.05, 0) is 31.5 Å². The average Bonchev–Trinajstić information content (AvgIpc) is 2.44. The number of hydrogen-bond acceptors (Lipinski definition) is 5. The topological polar surface area (TPSA) is 62.7 Å². The number of rotatable bonds is 5. The van der Waals surface area contributed by atoms with Crippen LogP contribution in [0.15, 0.2) is 30.7 Å². The van der Waals surface area contributed by atoms with E-state index in [9.17, 15) is 0 Å². The Morgan fingerprint density at radius 3 is 2.74 bits per heavy atom. The zero-order chi connectivity index (χ0) is 13.7. The number of nitrogens with one attached hydrogen (secondary N) is 2. The summed E-state index contributed by atoms with van der Waals surface area (Å²) in [5.41, 5.74) is 1.12. The Labute approximate surface area is 117 Å². The quantitative estimate of drug-likeness (QED) is 0.879. The van der Waals surface area contributed by atoms with Crippen molar-refractivity contribution in [3.05, 3.63) is 41.3 Å². The fraction of sp³-hybridized carbons (Fsp3) is 0.308. The highest BCUT2D eigenvalue weighted by atomic mass is 35.5. The van der Waals surface area contributed by atoms with Crippen molar-refractivity contribution in [1.29, 1.82) is 0 Å². The molecule has 6 heteroatoms. The molecule has 0 fully saturated rings. The molecule has 0 aliphatic heterocycles. The monoisotopic (exact) mass is 277 g/mol. The van der Waals surface area contributed by atoms with E-state index >= 15 is 0 Å². The minimum absolute atomic E-state index is 0.0878. The van der Waals surface area contributed by atoms with Crippen LogP contribution in [0.3, 0.4) is 0 Å². The summed E-state index contributed by atoms with van der Waals surface area (Å²) in [4.78, 5) is 12.5. The first-order valence-corrected chi connectivity index (χ1v) is 6.51. The molecule has 0 bridgehead atoms. The summed E-state index contributed by atoms with van der Waals surface area (Å²) in [6.45, 7) is 4.80. The minimum atomic E-state index is 0.0878. The van der Waals surface area contributed by atoms with E-state index in [1.807, 2.05) is 26.0 Å². The molecule has 0 aliphatic rings. The second-order valence-corrected chi connectivity index (χ2v) is 4.47. The molecule has 0 aliphatic carbocycles. The Morgan fingerprint density at radius 2 is 2.05 bits per heavy atom. The van der Waals surface area contributed by atoms with Gasteiger partial charge in [-0.1, -0.05) is 11.6 Å². The lowest BCUT2D eigenvalue weighted by Crippen LogP contribution is -2.10. The first kappa shape index (κ1) is 13.5. The fourth-order valence-electron chi connectivity index (χ4n) is 1.65. The number of pyridine rings is 1. The molecule has 2 aromatic rings. The number of halogens is 1. The fourth-order valence-corrected chi connectivity index (χ4v) is 1.80. The van der Waals surface area contributed by atoms with E-state index in [0.29, 0.717) is 16.8 Å². The maximum atomic E-state index is 6.10. The lowest BCUT2D eigenvalue weighted by molar-refractivity contribution is 0.868. The lowest BCUT2D eigenvalue weighted by atomic mass is 10.1. The third-order valence-electron chi connectivity index (χ3n) is 2.64. The molecule has 2 N–H and O–H groups in total. The van der Waals surface area contributed by atoms with Gasteiger partial charge in [0.25, 0.3) is 0 Å². The molecule has 2 rings (SSSR count). The van der Waals surface area contributed by atoms with Gasteiger partial charge in [-0.3, -0.25) is 4.98 Å². The summed E-state index contributed by atoms with van der Waals surface area (Å²) < 4.78 is 0. The maximum Gasteiger partial charge on any atom is 0.224 e. The van der Waals surface area contributed by atoms with Crippen LogP contribution < -0.4 is 10.6 Å². The van der Waals surface area contributed by atoms with Crippen molar-refractivity contribution in [2.75, 3.05) is 17.2 Å². The van der Waals surface area contributed by atoms with E-state index in [1.54, 1.807) is 18.6 Å². The van der Waals surface area contributed by atoms with Crippen molar-refractivity contribution in [3.63, 3.8) is 0 Å². The first-order chi connectivity index (χ1) is 9.20. The molecular formula is C13H16ClN5. The van der Waals surface area contributed by atoms with Crippen LogP contribution in [0, 0.1) is 0 Å². The largest absolute Gasteiger partial charge is 0.362 e. The molecule has 1 atom stereocenters. The molecule has 0 saturated carbocycles. The Hall–Kier alpha value is -1.88. The molecule has 0 radical (unpaired) electrons. The van der Waals surface area contributed by atoms with Gasteiger partial charge in [0.15, 0.2) is 5.82 Å². The Bertz CT molecular complexity index is 532. The van der Waals surface area contributed by atoms with Crippen molar-refractivity contribution >= 4 is 23.4 Å². The van der Waals surface area contributed by atoms with Gasteiger partial charge in [-0.2, -0.15) is 4.98 Å². The van der Waals surface area contributed by atoms with Gasteiger partial charge < -0.3 is 10.6 Å². The van der Waals surface area contributed by atoms with E-state index in [4.69, 9.17) is 11.6 Å². The summed E-state index contributed by atoms with van der Waals surface area (Å²) in [5.74, 6) is 1.19. The Morgan fingerprint density at radius 1 is 1.32 bits per heavy atom. The van der Waals surface area contributed by atoms with E-state index in [1.165, 1.54) is 0 Å². The number of aromatic nitrogens is 3. The molecule has 2 heterocycles. The third kappa shape index (κ3) is 3.54. The molecule has 0 saturated heterocycles. The SMILES string of the molecule is CCNc1ncc(Cl)c(NC(C)c2ccncc2)n1. The molecule has 5 nitrogen and oxygen atoms in total. The third-order valence-corrected chi connectivity index (χ3v) is 2.91. The molecular weight excluding hydrogens is 262 g/mol. The van der Waals surface area contributed by atoms with E-state index < -0.39 is 0 Å². The Kier molecular flexibility index (Phi) is 4.52. The average molecular weight is 278 g/mol. The molecule has 0 amide bonds. The van der Waals surface area contributed by atoms with Gasteiger partial charge in [0, 0.05) is 18.9 Å². The van der Waals surface area contributed by atoms with Crippen LogP contribution in [0.5, 0.6) is 0 Å². The van der Waals surface area contributed by atoms with Gasteiger partial charge in [-0.15, -0.1) is 0 Å². The van der Waals surface area contributed by atoms with Crippen LogP contribution in [0.25, 0.3) is 0 Å². The minimum Gasteiger partial charge on any atom is -0.362 e. The molecule has 19 heavy (non-hydrogen) atoms. The van der Waals surface area contributed by atoms with Crippen LogP contribution in [0.1, 0.15) is 25.5 Å². The maximum absolute atomic E-state index is 6.10. The predicted octanol–water partition coefficient (Wildman–Crippen LogP) is 3.13. The van der Waals surface area contributed by atoms with Crippen molar-refractivity contribution in [1.82, 2.24) is 15.0 Å². The second kappa shape index (κ2) is 6.33. The number of anilines is 2. The number of nitrogens with zero attached hydrogens (tertiary/aromatic N) is 3. The standard InChI is InChI=1S/C13H16ClN5/c1-3-16-13-17-8-11(14)12(19-13)18-9(2)10-4-6-15-7-5-10/h4-9H,3H2,1-2H3,(H2,16,17,18,19). The summed E-state index contributed by atoms with van der Waals surface area (Å²) in [5, 5.41) is 6.83. The first-order valence-electron chi connectivity index (χ1n) is 6.13. The van der Waals surface area contributed by atoms with Crippen LogP contribution in [0.2, 0.25) is 5.02 Å².